The molecule has 0 bridgehead atoms. The van der Waals surface area contributed by atoms with Gasteiger partial charge in [-0.05, 0) is 50.5 Å². The van der Waals surface area contributed by atoms with Crippen molar-refractivity contribution in [3.63, 3.8) is 0 Å². The van der Waals surface area contributed by atoms with Crippen molar-refractivity contribution in [1.82, 2.24) is 5.32 Å². The summed E-state index contributed by atoms with van der Waals surface area (Å²) in [6.45, 7) is 7.77. The lowest BCUT2D eigenvalue weighted by molar-refractivity contribution is -0.143. The highest BCUT2D eigenvalue weighted by Gasteiger charge is 2.29. The zero-order valence-electron chi connectivity index (χ0n) is 13.0. The minimum absolute atomic E-state index is 0.403. The van der Waals surface area contributed by atoms with Crippen molar-refractivity contribution >= 4 is 11.9 Å². The number of carboxylic acids is 1. The van der Waals surface area contributed by atoms with E-state index in [0.29, 0.717) is 23.8 Å². The normalized spacial score (nSPS) is 11.3. The number of ether oxygens (including phenoxy) is 1. The molecule has 0 atom stereocenters. The van der Waals surface area contributed by atoms with Crippen molar-refractivity contribution in [2.45, 2.75) is 39.7 Å². The third-order valence-corrected chi connectivity index (χ3v) is 3.04. The topological polar surface area (TPSA) is 75.6 Å². The summed E-state index contributed by atoms with van der Waals surface area (Å²) in [7, 11) is 0. The molecule has 2 N–H and O–H groups in total. The number of benzene rings is 1. The van der Waals surface area contributed by atoms with Gasteiger partial charge < -0.3 is 15.2 Å². The van der Waals surface area contributed by atoms with Gasteiger partial charge in [0.1, 0.15) is 11.3 Å². The lowest BCUT2D eigenvalue weighted by atomic mass is 10.1. The molecule has 116 valence electrons. The van der Waals surface area contributed by atoms with Crippen LogP contribution in [-0.2, 0) is 4.79 Å². The van der Waals surface area contributed by atoms with Crippen molar-refractivity contribution in [2.75, 3.05) is 6.61 Å². The van der Waals surface area contributed by atoms with Crippen LogP contribution in [0.1, 0.15) is 44.5 Å². The fourth-order valence-electron chi connectivity index (χ4n) is 1.52. The molecule has 0 aliphatic heterocycles. The number of carbonyl (C=O) groups excluding carboxylic acids is 1. The van der Waals surface area contributed by atoms with Crippen LogP contribution in [0.5, 0.6) is 5.75 Å². The van der Waals surface area contributed by atoms with Crippen molar-refractivity contribution in [3.05, 3.63) is 29.8 Å². The maximum Gasteiger partial charge on any atom is 0.328 e. The molecule has 0 saturated heterocycles. The lowest BCUT2D eigenvalue weighted by Crippen LogP contribution is -2.49. The van der Waals surface area contributed by atoms with E-state index in [-0.39, 0.29) is 0 Å². The van der Waals surface area contributed by atoms with E-state index >= 15 is 0 Å². The van der Waals surface area contributed by atoms with Crippen molar-refractivity contribution < 1.29 is 19.4 Å². The molecule has 1 amide bonds. The average molecular weight is 293 g/mol. The predicted octanol–water partition coefficient (Wildman–Crippen LogP) is 2.70. The number of aliphatic carboxylic acids is 1. The number of hydrogen-bond acceptors (Lipinski definition) is 3. The second-order valence-corrected chi connectivity index (χ2v) is 5.94. The summed E-state index contributed by atoms with van der Waals surface area (Å²) in [5.74, 6) is -0.224. The molecular weight excluding hydrogens is 270 g/mol. The molecule has 21 heavy (non-hydrogen) atoms. The molecule has 0 fully saturated rings. The first-order chi connectivity index (χ1) is 9.72. The van der Waals surface area contributed by atoms with Crippen LogP contribution in [0.25, 0.3) is 0 Å². The molecule has 0 heterocycles. The first-order valence-corrected chi connectivity index (χ1v) is 7.01. The number of rotatable bonds is 7. The van der Waals surface area contributed by atoms with Gasteiger partial charge in [0.25, 0.3) is 5.91 Å². The van der Waals surface area contributed by atoms with Crippen molar-refractivity contribution in [3.8, 4) is 5.75 Å². The molecule has 0 radical (unpaired) electrons. The zero-order valence-corrected chi connectivity index (χ0v) is 13.0. The van der Waals surface area contributed by atoms with Gasteiger partial charge >= 0.3 is 5.97 Å². The molecule has 0 unspecified atom stereocenters. The Hall–Kier alpha value is -2.04. The van der Waals surface area contributed by atoms with E-state index in [1.165, 1.54) is 13.8 Å². The first kappa shape index (κ1) is 17.0. The first-order valence-electron chi connectivity index (χ1n) is 7.01. The number of carbonyl (C=O) groups is 2. The van der Waals surface area contributed by atoms with Gasteiger partial charge in [-0.2, -0.15) is 0 Å². The second-order valence-electron chi connectivity index (χ2n) is 5.94. The van der Waals surface area contributed by atoms with Gasteiger partial charge in [-0.3, -0.25) is 4.79 Å². The summed E-state index contributed by atoms with van der Waals surface area (Å²) in [6.07, 6.45) is 0.967. The predicted molar refractivity (Wildman–Crippen MR) is 80.6 cm³/mol. The molecule has 1 aromatic rings. The summed E-state index contributed by atoms with van der Waals surface area (Å²) in [5.41, 5.74) is -0.899. The maximum absolute atomic E-state index is 12.0. The third-order valence-electron chi connectivity index (χ3n) is 3.04. The molecule has 0 saturated carbocycles. The summed E-state index contributed by atoms with van der Waals surface area (Å²) >= 11 is 0. The van der Waals surface area contributed by atoms with E-state index < -0.39 is 17.4 Å². The largest absolute Gasteiger partial charge is 0.494 e. The molecule has 0 aliphatic carbocycles. The standard InChI is InChI=1S/C16H23NO4/c1-11(2)9-10-21-13-7-5-12(6-8-13)14(18)17-16(3,4)15(19)20/h5-8,11H,9-10H2,1-4H3,(H,17,18)(H,19,20). The van der Waals surface area contributed by atoms with E-state index in [9.17, 15) is 9.59 Å². The minimum atomic E-state index is -1.30. The second kappa shape index (κ2) is 7.11. The Morgan fingerprint density at radius 2 is 1.81 bits per heavy atom. The molecule has 0 spiro atoms. The Kier molecular flexibility index (Phi) is 5.76. The smallest absolute Gasteiger partial charge is 0.328 e. The molecule has 5 nitrogen and oxygen atoms in total. The van der Waals surface area contributed by atoms with Gasteiger partial charge in [-0.25, -0.2) is 4.79 Å². The Balaban J connectivity index is 2.61. The summed E-state index contributed by atoms with van der Waals surface area (Å²) in [5, 5.41) is 11.5. The Morgan fingerprint density at radius 1 is 1.24 bits per heavy atom. The van der Waals surface area contributed by atoms with Gasteiger partial charge in [0.2, 0.25) is 0 Å². The summed E-state index contributed by atoms with van der Waals surface area (Å²) in [4.78, 5) is 22.9. The van der Waals surface area contributed by atoms with E-state index in [0.717, 1.165) is 6.42 Å². The number of nitrogens with one attached hydrogen (secondary N) is 1. The number of amides is 1. The molecule has 0 aromatic heterocycles. The van der Waals surface area contributed by atoms with E-state index in [4.69, 9.17) is 9.84 Å². The highest BCUT2D eigenvalue weighted by Crippen LogP contribution is 2.14. The zero-order chi connectivity index (χ0) is 16.0. The fraction of sp³-hybridized carbons (Fsp3) is 0.500. The van der Waals surface area contributed by atoms with Crippen LogP contribution in [0.15, 0.2) is 24.3 Å². The van der Waals surface area contributed by atoms with Gasteiger partial charge in [0, 0.05) is 5.56 Å². The van der Waals surface area contributed by atoms with Crippen LogP contribution in [-0.4, -0.2) is 29.1 Å². The van der Waals surface area contributed by atoms with Gasteiger partial charge in [0.05, 0.1) is 6.61 Å². The molecule has 5 heteroatoms. The van der Waals surface area contributed by atoms with Crippen LogP contribution in [0.4, 0.5) is 0 Å². The van der Waals surface area contributed by atoms with E-state index in [2.05, 4.69) is 19.2 Å². The third kappa shape index (κ3) is 5.45. The highest BCUT2D eigenvalue weighted by atomic mass is 16.5. The van der Waals surface area contributed by atoms with Crippen LogP contribution >= 0.6 is 0 Å². The Morgan fingerprint density at radius 3 is 2.29 bits per heavy atom. The fourth-order valence-corrected chi connectivity index (χ4v) is 1.52. The number of carboxylic acid groups (broad SMARTS) is 1. The van der Waals surface area contributed by atoms with E-state index in [1.807, 2.05) is 0 Å². The van der Waals surface area contributed by atoms with Crippen LogP contribution in [0.2, 0.25) is 0 Å². The highest BCUT2D eigenvalue weighted by molar-refractivity contribution is 5.97. The van der Waals surface area contributed by atoms with Gasteiger partial charge in [0.15, 0.2) is 0 Å². The lowest BCUT2D eigenvalue weighted by Gasteiger charge is -2.21. The molecular formula is C16H23NO4. The van der Waals surface area contributed by atoms with Crippen LogP contribution in [0, 0.1) is 5.92 Å². The van der Waals surface area contributed by atoms with Crippen molar-refractivity contribution in [2.24, 2.45) is 5.92 Å². The van der Waals surface area contributed by atoms with Crippen LogP contribution < -0.4 is 10.1 Å². The minimum Gasteiger partial charge on any atom is -0.494 e. The average Bonchev–Trinajstić information content (AvgIpc) is 2.38. The molecule has 1 rings (SSSR count). The van der Waals surface area contributed by atoms with Gasteiger partial charge in [-0.1, -0.05) is 13.8 Å². The van der Waals surface area contributed by atoms with Crippen molar-refractivity contribution in [1.29, 1.82) is 0 Å². The molecule has 1 aromatic carbocycles. The van der Waals surface area contributed by atoms with E-state index in [1.54, 1.807) is 24.3 Å². The van der Waals surface area contributed by atoms with Gasteiger partial charge in [-0.15, -0.1) is 0 Å². The monoisotopic (exact) mass is 293 g/mol. The SMILES string of the molecule is CC(C)CCOc1ccc(C(=O)NC(C)(C)C(=O)O)cc1. The summed E-state index contributed by atoms with van der Waals surface area (Å²) < 4.78 is 5.56. The van der Waals surface area contributed by atoms with Crippen LogP contribution in [0.3, 0.4) is 0 Å². The Bertz CT molecular complexity index is 492. The quantitative estimate of drug-likeness (QED) is 0.810. The number of hydrogen-bond donors (Lipinski definition) is 2. The summed E-state index contributed by atoms with van der Waals surface area (Å²) in [6, 6.07) is 6.67. The maximum atomic E-state index is 12.0. The Labute approximate surface area is 125 Å². The molecule has 0 aliphatic rings.